The van der Waals surface area contributed by atoms with E-state index in [1.165, 1.54) is 124 Å². The average Bonchev–Trinajstić information content (AvgIpc) is 4.25. The molecule has 1 fully saturated rings. The van der Waals surface area contributed by atoms with Crippen molar-refractivity contribution < 1.29 is 130 Å². The van der Waals surface area contributed by atoms with Gasteiger partial charge in [-0.1, -0.05) is 46.1 Å². The molecular formula is C58H90Cl7N6O14P. The van der Waals surface area contributed by atoms with Crippen LogP contribution < -0.4 is 74.1 Å². The lowest BCUT2D eigenvalue weighted by atomic mass is 10.3. The number of hydrogen-bond acceptors (Lipinski definition) is 14. The lowest BCUT2D eigenvalue weighted by Crippen LogP contribution is -3.00. The maximum atomic E-state index is 11.7. The molecule has 0 atom stereocenters. The Balaban J connectivity index is -0.000000219. The second-order valence-electron chi connectivity index (χ2n) is 18.8. The zero-order valence-corrected chi connectivity index (χ0v) is 57.5. The Hall–Kier alpha value is -5.02. The Morgan fingerprint density at radius 1 is 0.628 bits per heavy atom. The molecule has 1 aliphatic rings. The molecule has 490 valence electrons. The van der Waals surface area contributed by atoms with Gasteiger partial charge in [0.05, 0.1) is 80.0 Å². The molecule has 2 aromatic heterocycles. The minimum Gasteiger partial charge on any atom is -1.00 e. The number of unbranched alkanes of at least 4 members (excludes halogenated alkanes) is 3. The summed E-state index contributed by atoms with van der Waals surface area (Å²) in [5, 5.41) is 13.5. The highest BCUT2D eigenvalue weighted by molar-refractivity contribution is 7.76. The van der Waals surface area contributed by atoms with E-state index in [0.29, 0.717) is 23.7 Å². The SMILES string of the molecule is CC(=O)Nc1ccc(O)cc1.CC(=O)Nc1ccc(OC(=O)CCl)cc1.CCCC[P+](CCCC)(CCCC)CC(=O)OC.COC(=O)C[N+]1(C)CCCC1.COC(=O)C[n+]1ccccc1.COC(=O)Cn1cc[n+](C)c1.O=C(Cl)CCl.[Cl-].[Cl-].[Cl-].[Cl-]. The molecule has 0 bridgehead atoms. The van der Waals surface area contributed by atoms with Crippen LogP contribution in [0, 0.1) is 0 Å². The summed E-state index contributed by atoms with van der Waals surface area (Å²) in [6, 6.07) is 18.4. The predicted octanol–water partition coefficient (Wildman–Crippen LogP) is -3.24. The first-order valence-electron chi connectivity index (χ1n) is 26.8. The Labute approximate surface area is 549 Å². The van der Waals surface area contributed by atoms with Crippen LogP contribution in [0.1, 0.15) is 86.0 Å². The maximum absolute atomic E-state index is 11.7. The molecule has 28 heteroatoms. The van der Waals surface area contributed by atoms with E-state index < -0.39 is 18.5 Å². The van der Waals surface area contributed by atoms with Crippen LogP contribution in [0.25, 0.3) is 0 Å². The van der Waals surface area contributed by atoms with Crippen molar-refractivity contribution in [2.75, 3.05) is 102 Å². The molecule has 0 spiro atoms. The third-order valence-corrected chi connectivity index (χ3v) is 17.0. The number of likely N-dealkylation sites (N-methyl/N-ethyl adjacent to an activating group) is 1. The van der Waals surface area contributed by atoms with Crippen LogP contribution in [0.3, 0.4) is 0 Å². The Morgan fingerprint density at radius 3 is 1.42 bits per heavy atom. The number of nitrogens with zero attached hydrogens (tertiary/aromatic N) is 4. The number of benzene rings is 2. The molecule has 0 aliphatic carbocycles. The van der Waals surface area contributed by atoms with E-state index in [9.17, 15) is 38.4 Å². The number of phenols is 1. The summed E-state index contributed by atoms with van der Waals surface area (Å²) in [6.07, 6.45) is 23.8. The Kier molecular flexibility index (Phi) is 60.5. The molecule has 1 aliphatic heterocycles. The summed E-state index contributed by atoms with van der Waals surface area (Å²) in [5.41, 5.74) is 1.34. The van der Waals surface area contributed by atoms with Crippen molar-refractivity contribution in [3.05, 3.63) is 97.8 Å². The number of alkyl halides is 2. The normalized spacial score (nSPS) is 10.9. The lowest BCUT2D eigenvalue weighted by Gasteiger charge is -2.27. The summed E-state index contributed by atoms with van der Waals surface area (Å²) in [4.78, 5) is 85.6. The number of likely N-dealkylation sites (tertiary alicyclic amines) is 1. The number of hydrogen-bond donors (Lipinski definition) is 3. The van der Waals surface area contributed by atoms with Gasteiger partial charge in [0.25, 0.3) is 0 Å². The number of aromatic hydroxyl groups is 1. The largest absolute Gasteiger partial charge is 1.00 e. The van der Waals surface area contributed by atoms with Gasteiger partial charge >= 0.3 is 29.8 Å². The van der Waals surface area contributed by atoms with Crippen LogP contribution in [-0.2, 0) is 77.4 Å². The number of quaternary nitrogens is 1. The Bertz CT molecular complexity index is 2420. The molecule has 2 aromatic carbocycles. The number of aryl methyl sites for hydroxylation is 1. The quantitative estimate of drug-likeness (QED) is 0.00808. The van der Waals surface area contributed by atoms with Gasteiger partial charge in [-0.05, 0) is 79.4 Å². The first kappa shape index (κ1) is 92.1. The van der Waals surface area contributed by atoms with Gasteiger partial charge in [0.1, 0.15) is 29.8 Å². The van der Waals surface area contributed by atoms with Gasteiger partial charge in [-0.25, -0.2) is 28.3 Å². The van der Waals surface area contributed by atoms with Crippen molar-refractivity contribution in [3.8, 4) is 11.5 Å². The van der Waals surface area contributed by atoms with E-state index in [4.69, 9.17) is 49.4 Å². The third kappa shape index (κ3) is 50.0. The smallest absolute Gasteiger partial charge is 0.372 e. The number of carbonyl (C=O) groups is 8. The molecule has 5 rings (SSSR count). The number of phenolic OH excluding ortho intramolecular Hbond substituents is 1. The van der Waals surface area contributed by atoms with E-state index in [2.05, 4.69) is 52.7 Å². The van der Waals surface area contributed by atoms with Crippen molar-refractivity contribution in [1.29, 1.82) is 0 Å². The number of methoxy groups -OCH3 is 4. The number of anilines is 2. The highest BCUT2D eigenvalue weighted by Gasteiger charge is 2.38. The van der Waals surface area contributed by atoms with Crippen LogP contribution in [0.5, 0.6) is 11.5 Å². The van der Waals surface area contributed by atoms with Crippen LogP contribution in [0.2, 0.25) is 0 Å². The number of aromatic nitrogens is 3. The topological polar surface area (TPSA) is 240 Å². The number of rotatable bonds is 22. The highest BCUT2D eigenvalue weighted by Crippen LogP contribution is 2.60. The number of pyridine rings is 1. The zero-order valence-electron chi connectivity index (χ0n) is 51.3. The molecule has 0 saturated carbocycles. The third-order valence-electron chi connectivity index (χ3n) is 11.5. The summed E-state index contributed by atoms with van der Waals surface area (Å²) >= 11 is 14.8. The van der Waals surface area contributed by atoms with E-state index in [1.807, 2.05) is 60.9 Å². The highest BCUT2D eigenvalue weighted by atomic mass is 35.5. The summed E-state index contributed by atoms with van der Waals surface area (Å²) in [5.74, 6) is -1.01. The first-order chi connectivity index (χ1) is 38.9. The van der Waals surface area contributed by atoms with Crippen molar-refractivity contribution in [3.63, 3.8) is 0 Å². The number of amides is 2. The molecular weight excluding hydrogens is 1280 g/mol. The molecule has 0 radical (unpaired) electrons. The molecule has 2 amide bonds. The van der Waals surface area contributed by atoms with Gasteiger partial charge in [-0.15, -0.1) is 23.2 Å². The van der Waals surface area contributed by atoms with Gasteiger partial charge in [-0.3, -0.25) is 19.2 Å². The molecule has 1 saturated heterocycles. The standard InChI is InChI=1S/C15H32O2P.C10H10ClNO3.C8H16NO2.C8H9NO2.C8H10NO2.C7H11N2O2.C2H2Cl2O.4ClH/c1-5-8-11-18(12-9-6-2,13-10-7-3)14-15(16)17-4;1-7(13)12-8-2-4-9(5-3-8)15-10(14)6-11;1-9(5-3-4-6-9)7-8(10)11-2;1-6(10)9-7-2-4-8(11)5-3-7;1-11-8(10)7-9-5-3-2-4-6-9;1-8-3-4-9(6-8)5-7(10)11-2;3-1-2(4)5;;;;/h5-14H2,1-4H3;2-5H,6H2,1H3,(H,12,13);3-7H2,1-2H3;2-5,11H,1H3,(H,9,10);2-6H,7H2,1H3;3-4,6H,5H2,1-2H3;1H2;4*1H/q+1;;+1;;2*+1;;;;;/p-4. The van der Waals surface area contributed by atoms with Gasteiger partial charge in [-0.2, -0.15) is 4.57 Å². The molecule has 20 nitrogen and oxygen atoms in total. The van der Waals surface area contributed by atoms with Crippen LogP contribution in [0.4, 0.5) is 11.4 Å². The molecule has 3 heterocycles. The van der Waals surface area contributed by atoms with E-state index in [1.54, 1.807) is 45.5 Å². The van der Waals surface area contributed by atoms with Gasteiger partial charge in [0.15, 0.2) is 31.6 Å². The molecule has 4 aromatic rings. The summed E-state index contributed by atoms with van der Waals surface area (Å²) < 4.78 is 29.6. The second kappa shape index (κ2) is 56.5. The van der Waals surface area contributed by atoms with Gasteiger partial charge in [0, 0.05) is 57.5 Å². The molecule has 0 unspecified atom stereocenters. The van der Waals surface area contributed by atoms with Crippen LogP contribution in [-0.4, -0.2) is 153 Å². The first-order valence-corrected chi connectivity index (χ1v) is 30.8. The lowest BCUT2D eigenvalue weighted by molar-refractivity contribution is -0.890. The van der Waals surface area contributed by atoms with Gasteiger partial charge < -0.3 is 93.5 Å². The number of imidazole rings is 1. The predicted molar refractivity (Wildman–Crippen MR) is 323 cm³/mol. The molecule has 86 heavy (non-hydrogen) atoms. The number of ether oxygens (including phenoxy) is 5. The minimum absolute atomic E-state index is 0. The number of halogens is 7. The summed E-state index contributed by atoms with van der Waals surface area (Å²) in [6.45, 7) is 12.9. The molecule has 3 N–H and O–H groups in total. The van der Waals surface area contributed by atoms with Crippen LogP contribution in [0.15, 0.2) is 97.8 Å². The van der Waals surface area contributed by atoms with E-state index in [0.717, 1.165) is 23.7 Å². The van der Waals surface area contributed by atoms with Crippen molar-refractivity contribution >= 4 is 100 Å². The maximum Gasteiger partial charge on any atom is 0.372 e. The zero-order chi connectivity index (χ0) is 62.4. The van der Waals surface area contributed by atoms with Gasteiger partial charge in [0.2, 0.25) is 29.9 Å². The second-order valence-corrected chi connectivity index (χ2v) is 24.1. The number of nitrogens with one attached hydrogen (secondary N) is 2. The number of esters is 5. The van der Waals surface area contributed by atoms with Crippen molar-refractivity contribution in [2.45, 2.75) is 99.1 Å². The average molecular weight is 1370 g/mol. The number of carbonyl (C=O) groups excluding carboxylic acids is 8. The van der Waals surface area contributed by atoms with E-state index >= 15 is 0 Å². The fourth-order valence-electron chi connectivity index (χ4n) is 7.30. The fraction of sp³-hybridized carbons (Fsp3) is 0.517. The minimum atomic E-state index is -1.09. The van der Waals surface area contributed by atoms with Crippen molar-refractivity contribution in [1.82, 2.24) is 4.57 Å². The summed E-state index contributed by atoms with van der Waals surface area (Å²) in [7, 11) is 8.65. The Morgan fingerprint density at radius 2 is 1.06 bits per heavy atom. The van der Waals surface area contributed by atoms with Crippen molar-refractivity contribution in [2.24, 2.45) is 7.05 Å². The van der Waals surface area contributed by atoms with E-state index in [-0.39, 0.29) is 116 Å². The fourth-order valence-corrected chi connectivity index (χ4v) is 12.1. The monoisotopic (exact) mass is 1370 g/mol. The van der Waals surface area contributed by atoms with Crippen LogP contribution >= 0.6 is 42.1 Å².